The predicted octanol–water partition coefficient (Wildman–Crippen LogP) is 3.61. The van der Waals surface area contributed by atoms with Gasteiger partial charge < -0.3 is 15.2 Å². The molecule has 2 aromatic carbocycles. The van der Waals surface area contributed by atoms with E-state index in [4.69, 9.17) is 20.2 Å². The van der Waals surface area contributed by atoms with Gasteiger partial charge in [0.25, 0.3) is 0 Å². The van der Waals surface area contributed by atoms with E-state index in [9.17, 15) is 0 Å². The van der Waals surface area contributed by atoms with Crippen molar-refractivity contribution >= 4 is 22.9 Å². The summed E-state index contributed by atoms with van der Waals surface area (Å²) in [6.07, 6.45) is 0.581. The summed E-state index contributed by atoms with van der Waals surface area (Å²) < 4.78 is 13.7. The number of hydrogen-bond acceptors (Lipinski definition) is 6. The number of anilines is 1. The molecule has 0 radical (unpaired) electrons. The molecule has 0 bridgehead atoms. The quantitative estimate of drug-likeness (QED) is 0.712. The molecule has 0 aliphatic carbocycles. The standard InChI is InChI=1S/C21H23N5O2/c1-12(2)13-4-6-14(7-5-13)19-24-20(22)25-21-23-15-10-17-18(11-16(15)26(19)21)28-9-3-8-27-17/h4-7,10-12,19H,3,8-9H2,1-2H3,(H3,22,23,24,25)/t19-/m0/s1. The van der Waals surface area contributed by atoms with Gasteiger partial charge >= 0.3 is 0 Å². The zero-order valence-electron chi connectivity index (χ0n) is 16.0. The molecule has 2 aliphatic heterocycles. The Morgan fingerprint density at radius 1 is 1.11 bits per heavy atom. The van der Waals surface area contributed by atoms with Crippen LogP contribution in [-0.4, -0.2) is 28.7 Å². The lowest BCUT2D eigenvalue weighted by Gasteiger charge is -2.24. The SMILES string of the molecule is CC(C)c1ccc([C@H]2N=C(N)Nc3nc4cc5c(cc4n32)OCCCO5)cc1. The molecule has 3 heterocycles. The van der Waals surface area contributed by atoms with Crippen molar-refractivity contribution in [3.63, 3.8) is 0 Å². The van der Waals surface area contributed by atoms with Gasteiger partial charge in [0.15, 0.2) is 23.6 Å². The average Bonchev–Trinajstić information content (AvgIpc) is 2.87. The topological polar surface area (TPSA) is 86.7 Å². The van der Waals surface area contributed by atoms with Crippen LogP contribution in [0.3, 0.4) is 0 Å². The molecule has 3 aromatic rings. The highest BCUT2D eigenvalue weighted by atomic mass is 16.5. The zero-order valence-corrected chi connectivity index (χ0v) is 16.0. The molecule has 7 heteroatoms. The molecule has 0 saturated carbocycles. The Kier molecular flexibility index (Phi) is 3.89. The third-order valence-electron chi connectivity index (χ3n) is 5.21. The number of benzene rings is 2. The Labute approximate surface area is 163 Å². The van der Waals surface area contributed by atoms with Gasteiger partial charge in [0.1, 0.15) is 0 Å². The first-order valence-corrected chi connectivity index (χ1v) is 9.62. The van der Waals surface area contributed by atoms with E-state index in [1.165, 1.54) is 5.56 Å². The number of rotatable bonds is 2. The molecule has 0 amide bonds. The fourth-order valence-corrected chi connectivity index (χ4v) is 3.70. The second kappa shape index (κ2) is 6.44. The van der Waals surface area contributed by atoms with Crippen LogP contribution in [0, 0.1) is 0 Å². The van der Waals surface area contributed by atoms with E-state index in [0.29, 0.717) is 31.0 Å². The second-order valence-electron chi connectivity index (χ2n) is 7.48. The zero-order chi connectivity index (χ0) is 19.3. The van der Waals surface area contributed by atoms with Crippen LogP contribution in [0.5, 0.6) is 11.5 Å². The number of hydrogen-bond donors (Lipinski definition) is 2. The van der Waals surface area contributed by atoms with Crippen LogP contribution < -0.4 is 20.5 Å². The summed E-state index contributed by atoms with van der Waals surface area (Å²) in [6.45, 7) is 5.66. The van der Waals surface area contributed by atoms with Gasteiger partial charge in [-0.3, -0.25) is 9.88 Å². The lowest BCUT2D eigenvalue weighted by Crippen LogP contribution is -2.31. The van der Waals surface area contributed by atoms with Crippen molar-refractivity contribution < 1.29 is 9.47 Å². The fraction of sp³-hybridized carbons (Fsp3) is 0.333. The molecule has 144 valence electrons. The molecule has 0 fully saturated rings. The number of aromatic nitrogens is 2. The van der Waals surface area contributed by atoms with Crippen molar-refractivity contribution in [3.8, 4) is 11.5 Å². The number of fused-ring (bicyclic) bond motifs is 4. The van der Waals surface area contributed by atoms with E-state index in [1.807, 2.05) is 12.1 Å². The summed E-state index contributed by atoms with van der Waals surface area (Å²) in [5.74, 6) is 2.97. The molecule has 7 nitrogen and oxygen atoms in total. The molecule has 5 rings (SSSR count). The van der Waals surface area contributed by atoms with Crippen LogP contribution in [0.2, 0.25) is 0 Å². The van der Waals surface area contributed by atoms with Crippen LogP contribution >= 0.6 is 0 Å². The number of nitrogens with two attached hydrogens (primary N) is 1. The normalized spacial score (nSPS) is 18.4. The van der Waals surface area contributed by atoms with Crippen molar-refractivity contribution in [3.05, 3.63) is 47.5 Å². The maximum Gasteiger partial charge on any atom is 0.212 e. The maximum absolute atomic E-state index is 6.06. The van der Waals surface area contributed by atoms with Crippen LogP contribution in [0.4, 0.5) is 5.95 Å². The average molecular weight is 377 g/mol. The van der Waals surface area contributed by atoms with Gasteiger partial charge in [0.2, 0.25) is 5.95 Å². The minimum atomic E-state index is -0.285. The second-order valence-corrected chi connectivity index (χ2v) is 7.48. The highest BCUT2D eigenvalue weighted by Gasteiger charge is 2.27. The number of nitrogens with zero attached hydrogens (tertiary/aromatic N) is 3. The molecule has 0 saturated heterocycles. The summed E-state index contributed by atoms with van der Waals surface area (Å²) >= 11 is 0. The molecule has 0 spiro atoms. The lowest BCUT2D eigenvalue weighted by molar-refractivity contribution is 0.297. The summed E-state index contributed by atoms with van der Waals surface area (Å²) in [4.78, 5) is 9.37. The first-order valence-electron chi connectivity index (χ1n) is 9.62. The van der Waals surface area contributed by atoms with Crippen LogP contribution in [0.25, 0.3) is 11.0 Å². The molecule has 1 aromatic heterocycles. The Morgan fingerprint density at radius 2 is 1.82 bits per heavy atom. The Balaban J connectivity index is 1.65. The largest absolute Gasteiger partial charge is 0.489 e. The van der Waals surface area contributed by atoms with Gasteiger partial charge in [-0.1, -0.05) is 38.1 Å². The van der Waals surface area contributed by atoms with E-state index in [2.05, 4.69) is 53.0 Å². The van der Waals surface area contributed by atoms with Gasteiger partial charge in [-0.25, -0.2) is 9.98 Å². The van der Waals surface area contributed by atoms with Crippen LogP contribution in [0.1, 0.15) is 43.5 Å². The van der Waals surface area contributed by atoms with E-state index < -0.39 is 0 Å². The van der Waals surface area contributed by atoms with Crippen molar-refractivity contribution in [2.45, 2.75) is 32.4 Å². The number of guanidine groups is 1. The summed E-state index contributed by atoms with van der Waals surface area (Å²) in [6, 6.07) is 12.4. The first-order chi connectivity index (χ1) is 13.6. The highest BCUT2D eigenvalue weighted by molar-refractivity contribution is 5.95. The lowest BCUT2D eigenvalue weighted by atomic mass is 10.0. The Hall–Kier alpha value is -3.22. The van der Waals surface area contributed by atoms with Crippen molar-refractivity contribution in [2.75, 3.05) is 18.5 Å². The minimum Gasteiger partial charge on any atom is -0.489 e. The van der Waals surface area contributed by atoms with Gasteiger partial charge in [0, 0.05) is 18.6 Å². The molecule has 28 heavy (non-hydrogen) atoms. The molecule has 3 N–H and O–H groups in total. The molecular formula is C21H23N5O2. The number of nitrogens with one attached hydrogen (secondary N) is 1. The number of aliphatic imine (C=N–C) groups is 1. The minimum absolute atomic E-state index is 0.285. The fourth-order valence-electron chi connectivity index (χ4n) is 3.70. The van der Waals surface area contributed by atoms with E-state index in [1.54, 1.807) is 0 Å². The number of imidazole rings is 1. The third-order valence-corrected chi connectivity index (χ3v) is 5.21. The van der Waals surface area contributed by atoms with Gasteiger partial charge in [0.05, 0.1) is 24.2 Å². The maximum atomic E-state index is 6.06. The van der Waals surface area contributed by atoms with Gasteiger partial charge in [-0.15, -0.1) is 0 Å². The Bertz CT molecular complexity index is 1070. The van der Waals surface area contributed by atoms with Gasteiger partial charge in [-0.05, 0) is 17.0 Å². The third kappa shape index (κ3) is 2.74. The van der Waals surface area contributed by atoms with Gasteiger partial charge in [-0.2, -0.15) is 0 Å². The monoisotopic (exact) mass is 377 g/mol. The van der Waals surface area contributed by atoms with Crippen molar-refractivity contribution in [1.82, 2.24) is 9.55 Å². The highest BCUT2D eigenvalue weighted by Crippen LogP contribution is 2.39. The van der Waals surface area contributed by atoms with E-state index in [-0.39, 0.29) is 6.17 Å². The van der Waals surface area contributed by atoms with Crippen molar-refractivity contribution in [2.24, 2.45) is 10.7 Å². The smallest absolute Gasteiger partial charge is 0.212 e. The predicted molar refractivity (Wildman–Crippen MR) is 109 cm³/mol. The number of ether oxygens (including phenoxy) is 2. The van der Waals surface area contributed by atoms with E-state index in [0.717, 1.165) is 34.5 Å². The summed E-state index contributed by atoms with van der Waals surface area (Å²) in [7, 11) is 0. The van der Waals surface area contributed by atoms with Crippen molar-refractivity contribution in [1.29, 1.82) is 0 Å². The first kappa shape index (κ1) is 16.9. The van der Waals surface area contributed by atoms with Crippen LogP contribution in [0.15, 0.2) is 41.4 Å². The van der Waals surface area contributed by atoms with Crippen LogP contribution in [-0.2, 0) is 0 Å². The summed E-state index contributed by atoms with van der Waals surface area (Å²) in [5.41, 5.74) is 10.2. The van der Waals surface area contributed by atoms with E-state index >= 15 is 0 Å². The Morgan fingerprint density at radius 3 is 2.54 bits per heavy atom. The molecule has 1 atom stereocenters. The molecule has 2 aliphatic rings. The molecular weight excluding hydrogens is 354 g/mol. The summed E-state index contributed by atoms with van der Waals surface area (Å²) in [5, 5.41) is 3.08. The molecule has 0 unspecified atom stereocenters.